The van der Waals surface area contributed by atoms with Crippen molar-refractivity contribution in [1.29, 1.82) is 0 Å². The minimum Gasteiger partial charge on any atom is -0.545 e. The van der Waals surface area contributed by atoms with Crippen molar-refractivity contribution < 1.29 is 19.2 Å². The molecule has 1 aromatic carbocycles. The molecule has 5 nitrogen and oxygen atoms in total. The molecule has 0 bridgehead atoms. The largest absolute Gasteiger partial charge is 0.545 e. The van der Waals surface area contributed by atoms with Gasteiger partial charge in [-0.1, -0.05) is 18.2 Å². The molecular weight excluding hydrogens is 268 g/mol. The van der Waals surface area contributed by atoms with Crippen LogP contribution in [0.1, 0.15) is 16.1 Å². The van der Waals surface area contributed by atoms with Gasteiger partial charge in [0.25, 0.3) is 0 Å². The number of nitrogens with zero attached hydrogens (tertiary/aromatic N) is 1. The van der Waals surface area contributed by atoms with E-state index in [0.717, 1.165) is 44.2 Å². The summed E-state index contributed by atoms with van der Waals surface area (Å²) in [5, 5.41) is 11.2. The second-order valence-corrected chi connectivity index (χ2v) is 5.30. The third kappa shape index (κ3) is 3.08. The number of benzene rings is 1. The van der Waals surface area contributed by atoms with Crippen LogP contribution in [0.5, 0.6) is 0 Å². The Bertz CT molecular complexity index is 602. The maximum Gasteiger partial charge on any atom is 0.157 e. The molecule has 0 unspecified atom stereocenters. The van der Waals surface area contributed by atoms with Crippen LogP contribution in [0.2, 0.25) is 0 Å². The van der Waals surface area contributed by atoms with Crippen LogP contribution in [0.3, 0.4) is 0 Å². The van der Waals surface area contributed by atoms with Crippen LogP contribution >= 0.6 is 0 Å². The van der Waals surface area contributed by atoms with Crippen LogP contribution < -0.4 is 14.9 Å². The molecule has 0 amide bonds. The number of aromatic carboxylic acids is 1. The second-order valence-electron chi connectivity index (χ2n) is 5.30. The van der Waals surface area contributed by atoms with Gasteiger partial charge in [-0.2, -0.15) is 0 Å². The summed E-state index contributed by atoms with van der Waals surface area (Å²) in [7, 11) is 0. The maximum absolute atomic E-state index is 11.2. The Labute approximate surface area is 123 Å². The lowest BCUT2D eigenvalue weighted by molar-refractivity contribution is -0.915. The summed E-state index contributed by atoms with van der Waals surface area (Å²) >= 11 is 0. The summed E-state index contributed by atoms with van der Waals surface area (Å²) in [6.45, 7) is 4.47. The Morgan fingerprint density at radius 2 is 1.95 bits per heavy atom. The van der Waals surface area contributed by atoms with Crippen molar-refractivity contribution in [2.75, 3.05) is 31.1 Å². The van der Waals surface area contributed by atoms with E-state index >= 15 is 0 Å². The third-order valence-electron chi connectivity index (χ3n) is 3.94. The number of piperazine rings is 1. The fraction of sp³-hybridized carbons (Fsp3) is 0.312. The van der Waals surface area contributed by atoms with Crippen molar-refractivity contribution in [1.82, 2.24) is 0 Å². The van der Waals surface area contributed by atoms with Crippen molar-refractivity contribution in [2.24, 2.45) is 0 Å². The van der Waals surface area contributed by atoms with Gasteiger partial charge in [-0.3, -0.25) is 0 Å². The van der Waals surface area contributed by atoms with Crippen LogP contribution in [0, 0.1) is 0 Å². The molecule has 1 aliphatic rings. The van der Waals surface area contributed by atoms with Crippen molar-refractivity contribution in [3.8, 4) is 0 Å². The summed E-state index contributed by atoms with van der Waals surface area (Å²) in [5.74, 6) is -0.121. The first-order valence-corrected chi connectivity index (χ1v) is 7.15. The number of anilines is 1. The highest BCUT2D eigenvalue weighted by Crippen LogP contribution is 2.19. The monoisotopic (exact) mass is 286 g/mol. The molecular formula is C16H18N2O3. The maximum atomic E-state index is 11.2. The number of hydrogen-bond acceptors (Lipinski definition) is 4. The Hall–Kier alpha value is -2.27. The highest BCUT2D eigenvalue weighted by atomic mass is 16.4. The molecule has 0 atom stereocenters. The van der Waals surface area contributed by atoms with E-state index in [1.165, 1.54) is 4.90 Å². The van der Waals surface area contributed by atoms with Gasteiger partial charge in [-0.05, 0) is 18.2 Å². The number of carbonyl (C=O) groups is 1. The summed E-state index contributed by atoms with van der Waals surface area (Å²) < 4.78 is 5.38. The molecule has 2 heterocycles. The van der Waals surface area contributed by atoms with Crippen molar-refractivity contribution in [2.45, 2.75) is 6.54 Å². The third-order valence-corrected chi connectivity index (χ3v) is 3.94. The van der Waals surface area contributed by atoms with E-state index in [0.29, 0.717) is 0 Å². The molecule has 1 fully saturated rings. The van der Waals surface area contributed by atoms with Crippen molar-refractivity contribution >= 4 is 11.7 Å². The lowest BCUT2D eigenvalue weighted by Gasteiger charge is -2.34. The van der Waals surface area contributed by atoms with Gasteiger partial charge in [0.1, 0.15) is 6.54 Å². The van der Waals surface area contributed by atoms with Crippen molar-refractivity contribution in [3.63, 3.8) is 0 Å². The van der Waals surface area contributed by atoms with Gasteiger partial charge in [0.15, 0.2) is 5.76 Å². The summed E-state index contributed by atoms with van der Waals surface area (Å²) in [5.41, 5.74) is 1.03. The van der Waals surface area contributed by atoms with Crippen LogP contribution in [-0.2, 0) is 6.54 Å². The van der Waals surface area contributed by atoms with Crippen molar-refractivity contribution in [3.05, 3.63) is 54.0 Å². The zero-order valence-corrected chi connectivity index (χ0v) is 11.7. The average Bonchev–Trinajstić information content (AvgIpc) is 3.01. The molecule has 0 radical (unpaired) electrons. The average molecular weight is 286 g/mol. The van der Waals surface area contributed by atoms with E-state index in [-0.39, 0.29) is 5.56 Å². The number of carboxylic acid groups (broad SMARTS) is 1. The van der Waals surface area contributed by atoms with E-state index in [2.05, 4.69) is 4.90 Å². The number of carbonyl (C=O) groups excluding carboxylic acids is 1. The lowest BCUT2D eigenvalue weighted by Crippen LogP contribution is -3.13. The van der Waals surface area contributed by atoms with Gasteiger partial charge in [0.2, 0.25) is 0 Å². The quantitative estimate of drug-likeness (QED) is 0.827. The van der Waals surface area contributed by atoms with E-state index in [1.807, 2.05) is 24.3 Å². The normalized spacial score (nSPS) is 16.1. The minimum atomic E-state index is -1.11. The van der Waals surface area contributed by atoms with Crippen LogP contribution in [0.25, 0.3) is 0 Å². The van der Waals surface area contributed by atoms with Crippen LogP contribution in [0.15, 0.2) is 47.1 Å². The molecule has 0 saturated carbocycles. The molecule has 0 aliphatic carbocycles. The molecule has 5 heteroatoms. The van der Waals surface area contributed by atoms with Gasteiger partial charge in [-0.25, -0.2) is 0 Å². The molecule has 1 N–H and O–H groups in total. The van der Waals surface area contributed by atoms with E-state index < -0.39 is 5.97 Å². The molecule has 110 valence electrons. The number of carboxylic acids is 1. The van der Waals surface area contributed by atoms with Crippen LogP contribution in [0.4, 0.5) is 5.69 Å². The molecule has 1 aliphatic heterocycles. The number of nitrogens with one attached hydrogen (secondary N) is 1. The van der Waals surface area contributed by atoms with Gasteiger partial charge < -0.3 is 24.1 Å². The molecule has 1 aromatic heterocycles. The fourth-order valence-electron chi connectivity index (χ4n) is 2.82. The van der Waals surface area contributed by atoms with E-state index in [4.69, 9.17) is 4.42 Å². The summed E-state index contributed by atoms with van der Waals surface area (Å²) in [6.07, 6.45) is 1.70. The SMILES string of the molecule is O=C([O-])c1ccccc1N1CC[NH+](Cc2ccco2)CC1. The first kappa shape index (κ1) is 13.7. The van der Waals surface area contributed by atoms with E-state index in [9.17, 15) is 9.90 Å². The second kappa shape index (κ2) is 6.01. The highest BCUT2D eigenvalue weighted by molar-refractivity contribution is 5.93. The molecule has 1 saturated heterocycles. The molecule has 21 heavy (non-hydrogen) atoms. The van der Waals surface area contributed by atoms with Crippen LogP contribution in [-0.4, -0.2) is 32.1 Å². The smallest absolute Gasteiger partial charge is 0.157 e. The number of para-hydroxylation sites is 1. The number of rotatable bonds is 4. The Morgan fingerprint density at radius 3 is 2.62 bits per heavy atom. The zero-order valence-electron chi connectivity index (χ0n) is 11.7. The van der Waals surface area contributed by atoms with Gasteiger partial charge in [-0.15, -0.1) is 0 Å². The number of quaternary nitrogens is 1. The standard InChI is InChI=1S/C16H18N2O3/c19-16(20)14-5-1-2-6-15(14)18-9-7-17(8-10-18)12-13-4-3-11-21-13/h1-6,11H,7-10,12H2,(H,19,20). The highest BCUT2D eigenvalue weighted by Gasteiger charge is 2.22. The van der Waals surface area contributed by atoms with Gasteiger partial charge in [0.05, 0.1) is 38.4 Å². The van der Waals surface area contributed by atoms with Gasteiger partial charge in [0, 0.05) is 11.3 Å². The topological polar surface area (TPSA) is 60.9 Å². The first-order valence-electron chi connectivity index (χ1n) is 7.15. The van der Waals surface area contributed by atoms with E-state index in [1.54, 1.807) is 18.4 Å². The molecule has 0 spiro atoms. The number of hydrogen-bond donors (Lipinski definition) is 1. The summed E-state index contributed by atoms with van der Waals surface area (Å²) in [4.78, 5) is 14.8. The molecule has 3 rings (SSSR count). The summed E-state index contributed by atoms with van der Waals surface area (Å²) in [6, 6.07) is 10.9. The number of furan rings is 1. The lowest BCUT2D eigenvalue weighted by atomic mass is 10.1. The predicted molar refractivity (Wildman–Crippen MR) is 76.1 cm³/mol. The Morgan fingerprint density at radius 1 is 1.19 bits per heavy atom. The molecule has 2 aromatic rings. The first-order chi connectivity index (χ1) is 10.2. The predicted octanol–water partition coefficient (Wildman–Crippen LogP) is -0.452. The minimum absolute atomic E-state index is 0.270. The Kier molecular flexibility index (Phi) is 3.92. The van der Waals surface area contributed by atoms with Gasteiger partial charge >= 0.3 is 0 Å². The fourth-order valence-corrected chi connectivity index (χ4v) is 2.82. The zero-order chi connectivity index (χ0) is 14.7. The Balaban J connectivity index is 1.64.